The van der Waals surface area contributed by atoms with Crippen molar-refractivity contribution in [2.75, 3.05) is 26.4 Å². The maximum absolute atomic E-state index is 13.1. The first-order valence-corrected chi connectivity index (χ1v) is 32.7. The summed E-state index contributed by atoms with van der Waals surface area (Å²) in [7, 11) is 0. The van der Waals surface area contributed by atoms with Gasteiger partial charge in [0.15, 0.2) is 18.9 Å². The summed E-state index contributed by atoms with van der Waals surface area (Å²) in [6, 6.07) is -0.990. The van der Waals surface area contributed by atoms with Crippen LogP contribution in [0.1, 0.15) is 232 Å². The standard InChI is InChI=1S/C64H117NO18/c1-3-5-7-9-10-11-12-13-14-15-16-17-18-19-20-21-22-23-24-25-26-27-28-29-30-31-32-33-34-35-36-38-39-41-48(69)47(65-52(70)42-40-37-8-6-4-2)46-78-62-58(76)55(73)60(50(44-67)80-62)83-64-59(77)56(74)61(51(45-68)81-64)82-63-57(75)54(72)53(71)49(43-66)79-63/h30-31,34-35,39,41,47-51,53-64,66-69,71-77H,3-29,32-33,36-38,40,42-46H2,1-2H3,(H,65,70)/b31-30+,35-34+,41-39+. The van der Waals surface area contributed by atoms with Gasteiger partial charge in [0.1, 0.15) is 73.2 Å². The van der Waals surface area contributed by atoms with Crippen LogP contribution < -0.4 is 5.32 Å². The minimum Gasteiger partial charge on any atom is -0.394 e. The van der Waals surface area contributed by atoms with Crippen molar-refractivity contribution in [3.05, 3.63) is 36.5 Å². The van der Waals surface area contributed by atoms with Gasteiger partial charge < -0.3 is 89.9 Å². The van der Waals surface area contributed by atoms with Gasteiger partial charge >= 0.3 is 0 Å². The summed E-state index contributed by atoms with van der Waals surface area (Å²) in [6.45, 7) is 1.59. The van der Waals surface area contributed by atoms with Crippen molar-refractivity contribution in [2.45, 2.75) is 336 Å². The molecule has 3 rings (SSSR count). The molecule has 12 N–H and O–H groups in total. The molecule has 0 aromatic heterocycles. The summed E-state index contributed by atoms with van der Waals surface area (Å²) in [6.07, 6.45) is 26.7. The van der Waals surface area contributed by atoms with Crippen LogP contribution in [0.15, 0.2) is 36.5 Å². The molecule has 3 saturated heterocycles. The molecule has 0 spiro atoms. The molecule has 3 fully saturated rings. The zero-order chi connectivity index (χ0) is 60.5. The summed E-state index contributed by atoms with van der Waals surface area (Å²) in [5, 5.41) is 120. The Balaban J connectivity index is 1.33. The van der Waals surface area contributed by atoms with E-state index in [0.717, 1.165) is 51.4 Å². The zero-order valence-corrected chi connectivity index (χ0v) is 50.9. The number of rotatable bonds is 49. The molecule has 19 nitrogen and oxygen atoms in total. The fourth-order valence-corrected chi connectivity index (χ4v) is 11.0. The number of nitrogens with one attached hydrogen (secondary N) is 1. The van der Waals surface area contributed by atoms with Gasteiger partial charge in [0.05, 0.1) is 38.6 Å². The van der Waals surface area contributed by atoms with E-state index in [1.165, 1.54) is 148 Å². The predicted molar refractivity (Wildman–Crippen MR) is 319 cm³/mol. The van der Waals surface area contributed by atoms with Crippen molar-refractivity contribution < 1.29 is 89.4 Å². The van der Waals surface area contributed by atoms with Gasteiger partial charge in [0.2, 0.25) is 5.91 Å². The van der Waals surface area contributed by atoms with Crippen molar-refractivity contribution in [3.63, 3.8) is 0 Å². The lowest BCUT2D eigenvalue weighted by atomic mass is 9.96. The van der Waals surface area contributed by atoms with Crippen LogP contribution in [0.2, 0.25) is 0 Å². The summed E-state index contributed by atoms with van der Waals surface area (Å²) in [4.78, 5) is 13.1. The molecule has 0 aliphatic carbocycles. The van der Waals surface area contributed by atoms with Crippen molar-refractivity contribution in [1.29, 1.82) is 0 Å². The number of ether oxygens (including phenoxy) is 6. The Morgan fingerprint density at radius 2 is 0.771 bits per heavy atom. The van der Waals surface area contributed by atoms with Gasteiger partial charge in [-0.2, -0.15) is 0 Å². The van der Waals surface area contributed by atoms with E-state index in [-0.39, 0.29) is 18.9 Å². The van der Waals surface area contributed by atoms with E-state index in [1.54, 1.807) is 6.08 Å². The molecule has 1 amide bonds. The first-order valence-electron chi connectivity index (χ1n) is 32.7. The highest BCUT2D eigenvalue weighted by Gasteiger charge is 2.53. The lowest BCUT2D eigenvalue weighted by molar-refractivity contribution is -0.379. The Bertz CT molecular complexity index is 1660. The largest absolute Gasteiger partial charge is 0.394 e. The third-order valence-corrected chi connectivity index (χ3v) is 16.4. The Morgan fingerprint density at radius 1 is 0.422 bits per heavy atom. The number of hydrogen-bond donors (Lipinski definition) is 12. The fourth-order valence-electron chi connectivity index (χ4n) is 11.0. The van der Waals surface area contributed by atoms with Crippen molar-refractivity contribution >= 4 is 5.91 Å². The van der Waals surface area contributed by atoms with Crippen LogP contribution in [0.5, 0.6) is 0 Å². The molecule has 17 unspecified atom stereocenters. The van der Waals surface area contributed by atoms with Gasteiger partial charge in [-0.05, 0) is 44.9 Å². The van der Waals surface area contributed by atoms with Crippen LogP contribution in [0, 0.1) is 0 Å². The van der Waals surface area contributed by atoms with Crippen LogP contribution in [0.4, 0.5) is 0 Å². The van der Waals surface area contributed by atoms with Gasteiger partial charge in [-0.25, -0.2) is 0 Å². The molecule has 0 bridgehead atoms. The minimum atomic E-state index is -1.98. The molecule has 0 aromatic rings. The second-order valence-electron chi connectivity index (χ2n) is 23.6. The highest BCUT2D eigenvalue weighted by molar-refractivity contribution is 5.76. The maximum atomic E-state index is 13.1. The quantitative estimate of drug-likeness (QED) is 0.0211. The minimum absolute atomic E-state index is 0.227. The van der Waals surface area contributed by atoms with E-state index in [0.29, 0.717) is 12.8 Å². The lowest BCUT2D eigenvalue weighted by Gasteiger charge is -2.48. The molecule has 486 valence electrons. The Morgan fingerprint density at radius 3 is 1.20 bits per heavy atom. The molecular weight excluding hydrogens is 1070 g/mol. The zero-order valence-electron chi connectivity index (χ0n) is 50.9. The van der Waals surface area contributed by atoms with Crippen molar-refractivity contribution in [2.24, 2.45) is 0 Å². The molecule has 3 heterocycles. The molecule has 3 aliphatic heterocycles. The molecule has 0 saturated carbocycles. The Hall–Kier alpha value is -1.99. The van der Waals surface area contributed by atoms with E-state index in [4.69, 9.17) is 28.4 Å². The number of carbonyl (C=O) groups is 1. The van der Waals surface area contributed by atoms with E-state index in [2.05, 4.69) is 43.5 Å². The van der Waals surface area contributed by atoms with Gasteiger partial charge in [0, 0.05) is 6.42 Å². The Kier molecular flexibility index (Phi) is 42.7. The number of aliphatic hydroxyl groups excluding tert-OH is 11. The summed E-state index contributed by atoms with van der Waals surface area (Å²) in [5.41, 5.74) is 0. The van der Waals surface area contributed by atoms with Gasteiger partial charge in [0.25, 0.3) is 0 Å². The third-order valence-electron chi connectivity index (χ3n) is 16.4. The normalized spacial score (nSPS) is 29.6. The van der Waals surface area contributed by atoms with E-state index >= 15 is 0 Å². The second-order valence-corrected chi connectivity index (χ2v) is 23.6. The lowest BCUT2D eigenvalue weighted by Crippen LogP contribution is -2.66. The number of unbranched alkanes of at least 4 members (excludes halogenated alkanes) is 29. The van der Waals surface area contributed by atoms with Crippen molar-refractivity contribution in [3.8, 4) is 0 Å². The summed E-state index contributed by atoms with van der Waals surface area (Å²) in [5.74, 6) is -0.303. The number of hydrogen-bond acceptors (Lipinski definition) is 18. The monoisotopic (exact) mass is 1190 g/mol. The van der Waals surface area contributed by atoms with E-state index in [9.17, 15) is 61.0 Å². The van der Waals surface area contributed by atoms with Crippen LogP contribution in [-0.2, 0) is 33.2 Å². The highest BCUT2D eigenvalue weighted by atomic mass is 16.8. The maximum Gasteiger partial charge on any atom is 0.220 e. The molecule has 3 aliphatic rings. The van der Waals surface area contributed by atoms with Gasteiger partial charge in [-0.1, -0.05) is 217 Å². The summed E-state index contributed by atoms with van der Waals surface area (Å²) >= 11 is 0. The van der Waals surface area contributed by atoms with E-state index < -0.39 is 124 Å². The van der Waals surface area contributed by atoms with Crippen LogP contribution in [0.25, 0.3) is 0 Å². The van der Waals surface area contributed by atoms with Crippen molar-refractivity contribution in [1.82, 2.24) is 5.32 Å². The van der Waals surface area contributed by atoms with Crippen LogP contribution in [-0.4, -0.2) is 193 Å². The Labute approximate surface area is 498 Å². The first-order chi connectivity index (χ1) is 40.3. The number of allylic oxidation sites excluding steroid dienone is 5. The SMILES string of the molecule is CCCCCCCCCCCCCCCCCCCCCCCCC/C=C/CC/C=C/CC/C=C/C(O)C(COC1OC(CO)C(OC2OC(CO)C(OC3OC(CO)C(O)C(O)C3O)C(O)C2O)C(O)C1O)NC(=O)CCCCCCC. The first kappa shape index (κ1) is 75.3. The van der Waals surface area contributed by atoms with E-state index in [1.807, 2.05) is 6.08 Å². The third kappa shape index (κ3) is 30.2. The van der Waals surface area contributed by atoms with Crippen LogP contribution >= 0.6 is 0 Å². The van der Waals surface area contributed by atoms with Gasteiger partial charge in [-0.3, -0.25) is 4.79 Å². The topological polar surface area (TPSA) is 307 Å². The molecule has 0 aromatic carbocycles. The highest BCUT2D eigenvalue weighted by Crippen LogP contribution is 2.33. The number of carbonyl (C=O) groups excluding carboxylic acids is 1. The number of aliphatic hydroxyl groups is 11. The fraction of sp³-hybridized carbons (Fsp3) is 0.891. The second kappa shape index (κ2) is 47.1. The molecule has 0 radical (unpaired) electrons. The molecule has 19 heteroatoms. The molecule has 17 atom stereocenters. The molecule has 83 heavy (non-hydrogen) atoms. The average molecular weight is 1190 g/mol. The summed E-state index contributed by atoms with van der Waals surface area (Å²) < 4.78 is 34.1. The number of amides is 1. The average Bonchev–Trinajstić information content (AvgIpc) is 3.61. The molecular formula is C64H117NO18. The smallest absolute Gasteiger partial charge is 0.220 e. The van der Waals surface area contributed by atoms with Gasteiger partial charge in [-0.15, -0.1) is 0 Å². The van der Waals surface area contributed by atoms with Crippen LogP contribution in [0.3, 0.4) is 0 Å². The predicted octanol–water partition coefficient (Wildman–Crippen LogP) is 7.27.